The maximum absolute atomic E-state index is 15.0. The van der Waals surface area contributed by atoms with E-state index in [0.29, 0.717) is 28.4 Å². The van der Waals surface area contributed by atoms with E-state index < -0.39 is 23.6 Å². The maximum Gasteiger partial charge on any atom is 0.416 e. The number of nitrogens with zero attached hydrogens (tertiary/aromatic N) is 3. The Kier molecular flexibility index (Phi) is 7.93. The second-order valence-corrected chi connectivity index (χ2v) is 9.83. The van der Waals surface area contributed by atoms with Crippen LogP contribution in [-0.4, -0.2) is 59.6 Å². The summed E-state index contributed by atoms with van der Waals surface area (Å²) in [4.78, 5) is 29.6. The van der Waals surface area contributed by atoms with Crippen molar-refractivity contribution in [1.29, 1.82) is 0 Å². The number of aromatic nitrogens is 1. The normalized spacial score (nSPS) is 13.7. The van der Waals surface area contributed by atoms with Crippen LogP contribution >= 0.6 is 0 Å². The van der Waals surface area contributed by atoms with Gasteiger partial charge in [0.25, 0.3) is 5.91 Å². The molecule has 2 heterocycles. The third-order valence-corrected chi connectivity index (χ3v) is 7.25. The monoisotopic (exact) mass is 580 g/mol. The van der Waals surface area contributed by atoms with Gasteiger partial charge in [0.05, 0.1) is 29.6 Å². The van der Waals surface area contributed by atoms with Gasteiger partial charge in [-0.25, -0.2) is 9.18 Å². The van der Waals surface area contributed by atoms with Gasteiger partial charge in [-0.2, -0.15) is 13.2 Å². The molecule has 1 aliphatic heterocycles. The van der Waals surface area contributed by atoms with Crippen LogP contribution < -0.4 is 10.1 Å². The number of carbonyl (C=O) groups is 2. The smallest absolute Gasteiger partial charge is 0.416 e. The molecule has 0 bridgehead atoms. The first kappa shape index (κ1) is 28.7. The van der Waals surface area contributed by atoms with Crippen LogP contribution in [0.25, 0.3) is 16.9 Å². The Morgan fingerprint density at radius 1 is 0.857 bits per heavy atom. The van der Waals surface area contributed by atoms with Gasteiger partial charge in [-0.3, -0.25) is 4.79 Å². The molecular formula is C31H28F4N4O3. The van der Waals surface area contributed by atoms with Crippen molar-refractivity contribution in [2.75, 3.05) is 38.6 Å². The number of para-hydroxylation sites is 1. The number of nitrogens with one attached hydrogen (secondary N) is 1. The molecule has 0 saturated carbocycles. The number of alkyl halides is 3. The minimum atomic E-state index is -4.46. The Balaban J connectivity index is 1.34. The number of halogens is 4. The van der Waals surface area contributed by atoms with Gasteiger partial charge in [0.2, 0.25) is 0 Å². The van der Waals surface area contributed by atoms with Crippen molar-refractivity contribution in [1.82, 2.24) is 14.4 Å². The molecule has 5 rings (SSSR count). The number of rotatable bonds is 5. The Bertz CT molecular complexity index is 1610. The lowest BCUT2D eigenvalue weighted by Crippen LogP contribution is -2.51. The van der Waals surface area contributed by atoms with E-state index in [2.05, 4.69) is 5.32 Å². The fourth-order valence-corrected chi connectivity index (χ4v) is 4.99. The molecule has 3 aromatic carbocycles. The molecule has 1 aromatic heterocycles. The highest BCUT2D eigenvalue weighted by Gasteiger charge is 2.31. The molecule has 0 aliphatic carbocycles. The molecule has 0 spiro atoms. The van der Waals surface area contributed by atoms with E-state index in [0.717, 1.165) is 17.7 Å². The summed E-state index contributed by atoms with van der Waals surface area (Å²) >= 11 is 0. The van der Waals surface area contributed by atoms with E-state index in [1.54, 1.807) is 53.8 Å². The van der Waals surface area contributed by atoms with Crippen molar-refractivity contribution in [3.63, 3.8) is 0 Å². The molecule has 1 saturated heterocycles. The van der Waals surface area contributed by atoms with Gasteiger partial charge in [0.15, 0.2) is 0 Å². The van der Waals surface area contributed by atoms with Crippen molar-refractivity contribution in [2.24, 2.45) is 0 Å². The van der Waals surface area contributed by atoms with E-state index >= 15 is 0 Å². The average Bonchev–Trinajstić information content (AvgIpc) is 3.33. The zero-order valence-corrected chi connectivity index (χ0v) is 22.9. The highest BCUT2D eigenvalue weighted by Crippen LogP contribution is 2.33. The number of urea groups is 1. The lowest BCUT2D eigenvalue weighted by atomic mass is 10.1. The van der Waals surface area contributed by atoms with Crippen LogP contribution in [0.2, 0.25) is 0 Å². The third kappa shape index (κ3) is 5.81. The van der Waals surface area contributed by atoms with E-state index in [1.165, 1.54) is 23.1 Å². The SMILES string of the molecule is COc1cccc(-c2cc(C(=O)N3CCN(C(=O)Nc4ccc(C(F)(F)F)cc4)CC3)c(C)n2-c2ccccc2F)c1. The predicted molar refractivity (Wildman–Crippen MR) is 150 cm³/mol. The summed E-state index contributed by atoms with van der Waals surface area (Å²) in [7, 11) is 1.55. The van der Waals surface area contributed by atoms with Gasteiger partial charge in [-0.1, -0.05) is 24.3 Å². The topological polar surface area (TPSA) is 66.8 Å². The molecule has 1 aliphatic rings. The summed E-state index contributed by atoms with van der Waals surface area (Å²) in [5.74, 6) is -0.0773. The molecule has 1 fully saturated rings. The lowest BCUT2D eigenvalue weighted by Gasteiger charge is -2.34. The van der Waals surface area contributed by atoms with Gasteiger partial charge in [-0.05, 0) is 61.5 Å². The van der Waals surface area contributed by atoms with Gasteiger partial charge in [0, 0.05) is 43.1 Å². The summed E-state index contributed by atoms with van der Waals surface area (Å²) in [6.07, 6.45) is -4.46. The summed E-state index contributed by atoms with van der Waals surface area (Å²) in [6, 6.07) is 19.1. The molecule has 42 heavy (non-hydrogen) atoms. The quantitative estimate of drug-likeness (QED) is 0.270. The van der Waals surface area contributed by atoms with E-state index in [1.807, 2.05) is 18.2 Å². The largest absolute Gasteiger partial charge is 0.497 e. The summed E-state index contributed by atoms with van der Waals surface area (Å²) in [6.45, 7) is 2.72. The molecule has 7 nitrogen and oxygen atoms in total. The number of ether oxygens (including phenoxy) is 1. The summed E-state index contributed by atoms with van der Waals surface area (Å²) in [5, 5.41) is 2.60. The first-order chi connectivity index (χ1) is 20.1. The van der Waals surface area contributed by atoms with Crippen LogP contribution in [0, 0.1) is 12.7 Å². The number of hydrogen-bond acceptors (Lipinski definition) is 3. The molecular weight excluding hydrogens is 552 g/mol. The van der Waals surface area contributed by atoms with E-state index in [4.69, 9.17) is 4.74 Å². The number of amides is 3. The number of methoxy groups -OCH3 is 1. The third-order valence-electron chi connectivity index (χ3n) is 7.25. The lowest BCUT2D eigenvalue weighted by molar-refractivity contribution is -0.137. The first-order valence-corrected chi connectivity index (χ1v) is 13.2. The average molecular weight is 581 g/mol. The second-order valence-electron chi connectivity index (χ2n) is 9.83. The van der Waals surface area contributed by atoms with Crippen LogP contribution in [0.4, 0.5) is 28.0 Å². The van der Waals surface area contributed by atoms with Crippen molar-refractivity contribution < 1.29 is 31.9 Å². The zero-order chi connectivity index (χ0) is 30.0. The minimum absolute atomic E-state index is 0.230. The van der Waals surface area contributed by atoms with Crippen LogP contribution in [0.1, 0.15) is 21.6 Å². The van der Waals surface area contributed by atoms with Gasteiger partial charge < -0.3 is 24.4 Å². The Morgan fingerprint density at radius 2 is 1.52 bits per heavy atom. The zero-order valence-electron chi connectivity index (χ0n) is 22.9. The molecule has 0 unspecified atom stereocenters. The molecule has 4 aromatic rings. The Morgan fingerprint density at radius 3 is 2.17 bits per heavy atom. The summed E-state index contributed by atoms with van der Waals surface area (Å²) in [5.41, 5.74) is 2.06. The highest BCUT2D eigenvalue weighted by molar-refractivity contribution is 5.98. The first-order valence-electron chi connectivity index (χ1n) is 13.2. The molecule has 0 radical (unpaired) electrons. The highest BCUT2D eigenvalue weighted by atomic mass is 19.4. The molecule has 218 valence electrons. The van der Waals surface area contributed by atoms with E-state index in [9.17, 15) is 27.2 Å². The molecule has 11 heteroatoms. The standard InChI is InChI=1S/C31H28F4N4O3/c1-20-25(19-28(21-6-5-7-24(18-21)42-2)39(20)27-9-4-3-8-26(27)32)29(40)37-14-16-38(17-15-37)30(41)36-23-12-10-22(11-13-23)31(33,34)35/h3-13,18-19H,14-17H2,1-2H3,(H,36,41). The number of benzene rings is 3. The van der Waals surface area contributed by atoms with Gasteiger partial charge in [0.1, 0.15) is 11.6 Å². The number of piperazine rings is 1. The molecule has 3 amide bonds. The van der Waals surface area contributed by atoms with Crippen LogP contribution in [-0.2, 0) is 6.18 Å². The Hall–Kier alpha value is -4.80. The van der Waals surface area contributed by atoms with Crippen LogP contribution in [0.5, 0.6) is 5.75 Å². The van der Waals surface area contributed by atoms with Crippen molar-refractivity contribution in [2.45, 2.75) is 13.1 Å². The summed E-state index contributed by atoms with van der Waals surface area (Å²) < 4.78 is 60.5. The fourth-order valence-electron chi connectivity index (χ4n) is 4.99. The second kappa shape index (κ2) is 11.6. The molecule has 1 N–H and O–H groups in total. The number of hydrogen-bond donors (Lipinski definition) is 1. The van der Waals surface area contributed by atoms with Gasteiger partial charge >= 0.3 is 12.2 Å². The number of carbonyl (C=O) groups excluding carboxylic acids is 2. The fraction of sp³-hybridized carbons (Fsp3) is 0.226. The van der Waals surface area contributed by atoms with Crippen LogP contribution in [0.3, 0.4) is 0 Å². The predicted octanol–water partition coefficient (Wildman–Crippen LogP) is 6.61. The Labute approximate surface area is 239 Å². The molecule has 0 atom stereocenters. The number of anilines is 1. The van der Waals surface area contributed by atoms with Crippen molar-refractivity contribution in [3.05, 3.63) is 102 Å². The van der Waals surface area contributed by atoms with E-state index in [-0.39, 0.29) is 37.8 Å². The minimum Gasteiger partial charge on any atom is -0.497 e. The van der Waals surface area contributed by atoms with Crippen LogP contribution in [0.15, 0.2) is 78.9 Å². The van der Waals surface area contributed by atoms with Crippen molar-refractivity contribution in [3.8, 4) is 22.7 Å². The van der Waals surface area contributed by atoms with Crippen molar-refractivity contribution >= 4 is 17.6 Å². The maximum atomic E-state index is 15.0. The van der Waals surface area contributed by atoms with Gasteiger partial charge in [-0.15, -0.1) is 0 Å².